The van der Waals surface area contributed by atoms with Crippen LogP contribution in [0.5, 0.6) is 0 Å². The summed E-state index contributed by atoms with van der Waals surface area (Å²) in [4.78, 5) is 4.06. The number of hydrogen-bond donors (Lipinski definition) is 1. The first-order valence-electron chi connectivity index (χ1n) is 5.72. The first kappa shape index (κ1) is 12.1. The van der Waals surface area contributed by atoms with Crippen LogP contribution in [0, 0.1) is 0 Å². The number of anilines is 1. The molecule has 0 saturated heterocycles. The molecule has 1 aromatic heterocycles. The minimum absolute atomic E-state index is 0.329. The van der Waals surface area contributed by atoms with Gasteiger partial charge in [0.05, 0.1) is 16.2 Å². The van der Waals surface area contributed by atoms with Crippen molar-refractivity contribution >= 4 is 21.6 Å². The second-order valence-electron chi connectivity index (χ2n) is 3.87. The van der Waals surface area contributed by atoms with Gasteiger partial charge >= 0.3 is 0 Å². The Morgan fingerprint density at radius 1 is 1.24 bits per heavy atom. The lowest BCUT2D eigenvalue weighted by molar-refractivity contribution is 0.748. The Labute approximate surface area is 110 Å². The maximum absolute atomic E-state index is 4.06. The molecule has 1 N–H and O–H groups in total. The second-order valence-corrected chi connectivity index (χ2v) is 4.73. The summed E-state index contributed by atoms with van der Waals surface area (Å²) >= 11 is 3.50. The van der Waals surface area contributed by atoms with Crippen molar-refractivity contribution in [3.63, 3.8) is 0 Å². The zero-order valence-corrected chi connectivity index (χ0v) is 11.3. The monoisotopic (exact) mass is 290 g/mol. The van der Waals surface area contributed by atoms with Crippen LogP contribution in [0.1, 0.15) is 24.9 Å². The van der Waals surface area contributed by atoms with Gasteiger partial charge in [0.25, 0.3) is 0 Å². The maximum Gasteiger partial charge on any atom is 0.0590 e. The second kappa shape index (κ2) is 5.82. The number of nitrogens with one attached hydrogen (secondary N) is 1. The number of rotatable bonds is 4. The van der Waals surface area contributed by atoms with Crippen molar-refractivity contribution in [2.24, 2.45) is 0 Å². The van der Waals surface area contributed by atoms with Gasteiger partial charge in [0.15, 0.2) is 0 Å². The Kier molecular flexibility index (Phi) is 4.15. The highest BCUT2D eigenvalue weighted by molar-refractivity contribution is 9.10. The number of pyridine rings is 1. The molecular formula is C14H15BrN2. The average Bonchev–Trinajstić information content (AvgIpc) is 2.39. The van der Waals surface area contributed by atoms with E-state index in [9.17, 15) is 0 Å². The van der Waals surface area contributed by atoms with Crippen molar-refractivity contribution in [1.82, 2.24) is 4.98 Å². The van der Waals surface area contributed by atoms with Gasteiger partial charge in [0.2, 0.25) is 0 Å². The maximum atomic E-state index is 4.06. The van der Waals surface area contributed by atoms with Gasteiger partial charge in [-0.05, 0) is 34.0 Å². The molecule has 0 aliphatic carbocycles. The summed E-state index contributed by atoms with van der Waals surface area (Å²) in [6.45, 7) is 2.18. The van der Waals surface area contributed by atoms with Gasteiger partial charge in [-0.15, -0.1) is 0 Å². The number of halogens is 1. The SMILES string of the molecule is CCC(Nc1ccncc1Br)c1ccccc1. The van der Waals surface area contributed by atoms with E-state index in [1.54, 1.807) is 12.4 Å². The lowest BCUT2D eigenvalue weighted by Gasteiger charge is -2.19. The van der Waals surface area contributed by atoms with Gasteiger partial charge in [-0.1, -0.05) is 37.3 Å². The van der Waals surface area contributed by atoms with Crippen molar-refractivity contribution < 1.29 is 0 Å². The Balaban J connectivity index is 2.19. The molecule has 1 atom stereocenters. The van der Waals surface area contributed by atoms with E-state index in [-0.39, 0.29) is 0 Å². The van der Waals surface area contributed by atoms with Gasteiger partial charge < -0.3 is 5.32 Å². The summed E-state index contributed by atoms with van der Waals surface area (Å²) in [5.41, 5.74) is 2.38. The lowest BCUT2D eigenvalue weighted by Crippen LogP contribution is -2.09. The zero-order chi connectivity index (χ0) is 12.1. The molecular weight excluding hydrogens is 276 g/mol. The van der Waals surface area contributed by atoms with Crippen molar-refractivity contribution in [2.75, 3.05) is 5.32 Å². The summed E-state index contributed by atoms with van der Waals surface area (Å²) in [6.07, 6.45) is 4.64. The highest BCUT2D eigenvalue weighted by Gasteiger charge is 2.09. The Morgan fingerprint density at radius 3 is 2.65 bits per heavy atom. The van der Waals surface area contributed by atoms with E-state index in [0.717, 1.165) is 16.6 Å². The van der Waals surface area contributed by atoms with E-state index in [1.807, 2.05) is 12.1 Å². The first-order valence-corrected chi connectivity index (χ1v) is 6.51. The smallest absolute Gasteiger partial charge is 0.0590 e. The van der Waals surface area contributed by atoms with E-state index in [4.69, 9.17) is 0 Å². The average molecular weight is 291 g/mol. The molecule has 0 saturated carbocycles. The fourth-order valence-electron chi connectivity index (χ4n) is 1.79. The molecule has 2 aromatic rings. The van der Waals surface area contributed by atoms with Gasteiger partial charge in [0, 0.05) is 12.4 Å². The minimum Gasteiger partial charge on any atom is -0.377 e. The quantitative estimate of drug-likeness (QED) is 0.902. The molecule has 17 heavy (non-hydrogen) atoms. The van der Waals surface area contributed by atoms with Gasteiger partial charge in [-0.2, -0.15) is 0 Å². The van der Waals surface area contributed by atoms with Crippen LogP contribution in [0.15, 0.2) is 53.3 Å². The summed E-state index contributed by atoms with van der Waals surface area (Å²) in [5.74, 6) is 0. The molecule has 3 heteroatoms. The van der Waals surface area contributed by atoms with Crippen LogP contribution < -0.4 is 5.32 Å². The molecule has 2 rings (SSSR count). The molecule has 0 aliphatic heterocycles. The van der Waals surface area contributed by atoms with E-state index in [1.165, 1.54) is 5.56 Å². The molecule has 0 radical (unpaired) electrons. The van der Waals surface area contributed by atoms with Crippen molar-refractivity contribution in [1.29, 1.82) is 0 Å². The molecule has 0 bridgehead atoms. The highest BCUT2D eigenvalue weighted by Crippen LogP contribution is 2.27. The van der Waals surface area contributed by atoms with Crippen molar-refractivity contribution in [3.05, 3.63) is 58.8 Å². The predicted octanol–water partition coefficient (Wildman–Crippen LogP) is 4.41. The molecule has 0 spiro atoms. The van der Waals surface area contributed by atoms with Gasteiger partial charge in [-0.25, -0.2) is 0 Å². The molecule has 0 amide bonds. The molecule has 88 valence electrons. The molecule has 1 unspecified atom stereocenters. The molecule has 0 aliphatic rings. The topological polar surface area (TPSA) is 24.9 Å². The summed E-state index contributed by atoms with van der Waals surface area (Å²) in [6, 6.07) is 12.8. The molecule has 1 heterocycles. The Morgan fingerprint density at radius 2 is 2.00 bits per heavy atom. The number of aromatic nitrogens is 1. The third-order valence-electron chi connectivity index (χ3n) is 2.71. The Bertz CT molecular complexity index is 471. The van der Waals surface area contributed by atoms with Crippen LogP contribution in [-0.4, -0.2) is 4.98 Å². The van der Waals surface area contributed by atoms with Crippen molar-refractivity contribution in [2.45, 2.75) is 19.4 Å². The van der Waals surface area contributed by atoms with E-state index in [0.29, 0.717) is 6.04 Å². The van der Waals surface area contributed by atoms with Crippen molar-refractivity contribution in [3.8, 4) is 0 Å². The highest BCUT2D eigenvalue weighted by atomic mass is 79.9. The van der Waals surface area contributed by atoms with Crippen LogP contribution in [0.2, 0.25) is 0 Å². The predicted molar refractivity (Wildman–Crippen MR) is 75.0 cm³/mol. The summed E-state index contributed by atoms with van der Waals surface area (Å²) < 4.78 is 0.995. The largest absolute Gasteiger partial charge is 0.377 e. The number of benzene rings is 1. The molecule has 2 nitrogen and oxygen atoms in total. The Hall–Kier alpha value is -1.35. The lowest BCUT2D eigenvalue weighted by atomic mass is 10.0. The first-order chi connectivity index (χ1) is 8.31. The summed E-state index contributed by atoms with van der Waals surface area (Å²) in [7, 11) is 0. The fraction of sp³-hybridized carbons (Fsp3) is 0.214. The van der Waals surface area contributed by atoms with E-state index >= 15 is 0 Å². The van der Waals surface area contributed by atoms with E-state index in [2.05, 4.69) is 57.4 Å². The van der Waals surface area contributed by atoms with Gasteiger partial charge in [-0.3, -0.25) is 4.98 Å². The standard InChI is InChI=1S/C14H15BrN2/c1-2-13(11-6-4-3-5-7-11)17-14-8-9-16-10-12(14)15/h3-10,13H,2H2,1H3,(H,16,17). The minimum atomic E-state index is 0.329. The third kappa shape index (κ3) is 3.07. The number of nitrogens with zero attached hydrogens (tertiary/aromatic N) is 1. The fourth-order valence-corrected chi connectivity index (χ4v) is 2.15. The van der Waals surface area contributed by atoms with Crippen LogP contribution in [0.4, 0.5) is 5.69 Å². The molecule has 1 aromatic carbocycles. The normalized spacial score (nSPS) is 12.1. The zero-order valence-electron chi connectivity index (χ0n) is 9.73. The van der Waals surface area contributed by atoms with Crippen LogP contribution >= 0.6 is 15.9 Å². The molecule has 0 fully saturated rings. The van der Waals surface area contributed by atoms with Gasteiger partial charge in [0.1, 0.15) is 0 Å². The van der Waals surface area contributed by atoms with Crippen LogP contribution in [0.3, 0.4) is 0 Å². The third-order valence-corrected chi connectivity index (χ3v) is 3.34. The van der Waals surface area contributed by atoms with Crippen LogP contribution in [0.25, 0.3) is 0 Å². The number of hydrogen-bond acceptors (Lipinski definition) is 2. The van der Waals surface area contributed by atoms with E-state index < -0.39 is 0 Å². The van der Waals surface area contributed by atoms with Crippen LogP contribution in [-0.2, 0) is 0 Å². The summed E-state index contributed by atoms with van der Waals surface area (Å²) in [5, 5.41) is 3.53.